The number of fused-ring (bicyclic) bond motifs is 1. The number of aromatic nitrogens is 3. The average Bonchev–Trinajstić information content (AvgIpc) is 2.73. The molecule has 0 unspecified atom stereocenters. The van der Waals surface area contributed by atoms with Crippen LogP contribution in [0.4, 0.5) is 5.69 Å². The molecule has 4 heteroatoms. The summed E-state index contributed by atoms with van der Waals surface area (Å²) in [5.41, 5.74) is 9.06. The minimum atomic E-state index is 0.731. The molecule has 0 bridgehead atoms. The van der Waals surface area contributed by atoms with Gasteiger partial charge in [0.2, 0.25) is 0 Å². The van der Waals surface area contributed by atoms with Gasteiger partial charge in [0.05, 0.1) is 5.52 Å². The normalized spacial score (nSPS) is 10.8. The minimum Gasteiger partial charge on any atom is -0.399 e. The third-order valence-corrected chi connectivity index (χ3v) is 2.44. The third-order valence-electron chi connectivity index (χ3n) is 2.44. The van der Waals surface area contributed by atoms with Crippen LogP contribution in [0.5, 0.6) is 0 Å². The van der Waals surface area contributed by atoms with E-state index in [0.717, 1.165) is 28.2 Å². The smallest absolute Gasteiger partial charge is 0.178 e. The van der Waals surface area contributed by atoms with Gasteiger partial charge in [-0.2, -0.15) is 0 Å². The predicted octanol–water partition coefficient (Wildman–Crippen LogP) is 2.21. The number of nitrogens with one attached hydrogen (secondary N) is 1. The summed E-state index contributed by atoms with van der Waals surface area (Å²) in [6, 6.07) is 11.4. The van der Waals surface area contributed by atoms with Gasteiger partial charge in [-0.15, -0.1) is 0 Å². The molecule has 0 saturated heterocycles. The first kappa shape index (κ1) is 8.91. The van der Waals surface area contributed by atoms with Gasteiger partial charge in [0.15, 0.2) is 5.65 Å². The number of rotatable bonds is 1. The summed E-state index contributed by atoms with van der Waals surface area (Å²) in [7, 11) is 0. The van der Waals surface area contributed by atoms with Crippen molar-refractivity contribution in [3.8, 4) is 11.4 Å². The molecule has 0 amide bonds. The molecule has 16 heavy (non-hydrogen) atoms. The molecule has 3 N–H and O–H groups in total. The quantitative estimate of drug-likeness (QED) is 0.605. The topological polar surface area (TPSA) is 67.6 Å². The highest BCUT2D eigenvalue weighted by Gasteiger charge is 2.04. The highest BCUT2D eigenvalue weighted by Crippen LogP contribution is 2.19. The second-order valence-electron chi connectivity index (χ2n) is 3.58. The SMILES string of the molecule is Nc1ccc(-c2nc3ncccc3[nH]2)cc1. The van der Waals surface area contributed by atoms with Gasteiger partial charge in [0.1, 0.15) is 5.82 Å². The maximum Gasteiger partial charge on any atom is 0.178 e. The summed E-state index contributed by atoms with van der Waals surface area (Å²) < 4.78 is 0. The Hall–Kier alpha value is -2.36. The molecule has 4 nitrogen and oxygen atoms in total. The second kappa shape index (κ2) is 3.34. The molecule has 0 aliphatic rings. The van der Waals surface area contributed by atoms with Crippen molar-refractivity contribution in [2.75, 3.05) is 5.73 Å². The molecular formula is C12H10N4. The van der Waals surface area contributed by atoms with E-state index >= 15 is 0 Å². The van der Waals surface area contributed by atoms with Gasteiger partial charge >= 0.3 is 0 Å². The maximum atomic E-state index is 5.64. The number of hydrogen-bond acceptors (Lipinski definition) is 3. The fourth-order valence-corrected chi connectivity index (χ4v) is 1.62. The van der Waals surface area contributed by atoms with Crippen LogP contribution in [0.3, 0.4) is 0 Å². The Bertz CT molecular complexity index is 592. The van der Waals surface area contributed by atoms with Crippen LogP contribution in [0.15, 0.2) is 42.6 Å². The molecule has 0 fully saturated rings. The molecule has 2 aromatic heterocycles. The molecule has 1 aromatic carbocycles. The highest BCUT2D eigenvalue weighted by atomic mass is 15.0. The van der Waals surface area contributed by atoms with Crippen molar-refractivity contribution in [2.45, 2.75) is 0 Å². The molecule has 3 rings (SSSR count). The molecule has 78 valence electrons. The first-order valence-electron chi connectivity index (χ1n) is 4.99. The zero-order valence-electron chi connectivity index (χ0n) is 8.51. The Labute approximate surface area is 92.2 Å². The number of H-pyrrole nitrogens is 1. The summed E-state index contributed by atoms with van der Waals surface area (Å²) in [4.78, 5) is 11.8. The first-order chi connectivity index (χ1) is 7.83. The van der Waals surface area contributed by atoms with Crippen molar-refractivity contribution in [3.05, 3.63) is 42.6 Å². The number of nitrogens with zero attached hydrogens (tertiary/aromatic N) is 2. The van der Waals surface area contributed by atoms with E-state index in [9.17, 15) is 0 Å². The number of hydrogen-bond donors (Lipinski definition) is 2. The summed E-state index contributed by atoms with van der Waals surface area (Å²) in [6.45, 7) is 0. The van der Waals surface area contributed by atoms with Crippen LogP contribution in [0.2, 0.25) is 0 Å². The van der Waals surface area contributed by atoms with Crippen LogP contribution in [-0.4, -0.2) is 15.0 Å². The highest BCUT2D eigenvalue weighted by molar-refractivity contribution is 5.75. The Morgan fingerprint density at radius 2 is 1.88 bits per heavy atom. The van der Waals surface area contributed by atoms with Crippen LogP contribution in [0, 0.1) is 0 Å². The standard InChI is InChI=1S/C12H10N4/c13-9-5-3-8(4-6-9)11-15-10-2-1-7-14-12(10)16-11/h1-7H,13H2,(H,14,15,16). The first-order valence-corrected chi connectivity index (χ1v) is 4.99. The van der Waals surface area contributed by atoms with Crippen molar-refractivity contribution in [3.63, 3.8) is 0 Å². The zero-order valence-corrected chi connectivity index (χ0v) is 8.51. The van der Waals surface area contributed by atoms with E-state index in [-0.39, 0.29) is 0 Å². The van der Waals surface area contributed by atoms with E-state index in [1.54, 1.807) is 6.20 Å². The Kier molecular flexibility index (Phi) is 1.86. The average molecular weight is 210 g/mol. The van der Waals surface area contributed by atoms with Gasteiger partial charge in [0, 0.05) is 17.4 Å². The minimum absolute atomic E-state index is 0.731. The van der Waals surface area contributed by atoms with E-state index in [0.29, 0.717) is 0 Å². The van der Waals surface area contributed by atoms with Gasteiger partial charge in [-0.05, 0) is 36.4 Å². The van der Waals surface area contributed by atoms with E-state index in [1.165, 1.54) is 0 Å². The van der Waals surface area contributed by atoms with Crippen LogP contribution in [0.25, 0.3) is 22.6 Å². The lowest BCUT2D eigenvalue weighted by Gasteiger charge is -1.96. The van der Waals surface area contributed by atoms with Crippen molar-refractivity contribution in [1.82, 2.24) is 15.0 Å². The third kappa shape index (κ3) is 1.40. The number of benzene rings is 1. The van der Waals surface area contributed by atoms with Crippen molar-refractivity contribution >= 4 is 16.9 Å². The Morgan fingerprint density at radius 1 is 1.06 bits per heavy atom. The summed E-state index contributed by atoms with van der Waals surface area (Å²) in [5, 5.41) is 0. The zero-order chi connectivity index (χ0) is 11.0. The van der Waals surface area contributed by atoms with Gasteiger partial charge in [-0.1, -0.05) is 0 Å². The van der Waals surface area contributed by atoms with Crippen LogP contribution in [-0.2, 0) is 0 Å². The van der Waals surface area contributed by atoms with Gasteiger partial charge in [-0.25, -0.2) is 9.97 Å². The van der Waals surface area contributed by atoms with Gasteiger partial charge in [0.25, 0.3) is 0 Å². The van der Waals surface area contributed by atoms with E-state index < -0.39 is 0 Å². The second-order valence-corrected chi connectivity index (χ2v) is 3.58. The van der Waals surface area contributed by atoms with Gasteiger partial charge < -0.3 is 10.7 Å². The Balaban J connectivity index is 2.15. The van der Waals surface area contributed by atoms with E-state index in [2.05, 4.69) is 15.0 Å². The molecular weight excluding hydrogens is 200 g/mol. The number of imidazole rings is 1. The Morgan fingerprint density at radius 3 is 2.62 bits per heavy atom. The molecule has 0 saturated carbocycles. The van der Waals surface area contributed by atoms with Crippen molar-refractivity contribution in [1.29, 1.82) is 0 Å². The molecule has 0 spiro atoms. The fraction of sp³-hybridized carbons (Fsp3) is 0. The molecule has 0 aliphatic carbocycles. The molecule has 0 atom stereocenters. The molecule has 3 aromatic rings. The van der Waals surface area contributed by atoms with Crippen LogP contribution >= 0.6 is 0 Å². The maximum absolute atomic E-state index is 5.64. The lowest BCUT2D eigenvalue weighted by molar-refractivity contribution is 1.30. The predicted molar refractivity (Wildman–Crippen MR) is 63.7 cm³/mol. The molecule has 0 aliphatic heterocycles. The summed E-state index contributed by atoms with van der Waals surface area (Å²) >= 11 is 0. The molecule has 2 heterocycles. The van der Waals surface area contributed by atoms with Crippen LogP contribution < -0.4 is 5.73 Å². The number of nitrogens with two attached hydrogens (primary N) is 1. The van der Waals surface area contributed by atoms with Gasteiger partial charge in [-0.3, -0.25) is 0 Å². The largest absolute Gasteiger partial charge is 0.399 e. The summed E-state index contributed by atoms with van der Waals surface area (Å²) in [5.74, 6) is 0.814. The monoisotopic (exact) mass is 210 g/mol. The number of anilines is 1. The number of pyridine rings is 1. The lowest BCUT2D eigenvalue weighted by Crippen LogP contribution is -1.84. The number of aromatic amines is 1. The van der Waals surface area contributed by atoms with Crippen molar-refractivity contribution < 1.29 is 0 Å². The summed E-state index contributed by atoms with van der Waals surface area (Å²) in [6.07, 6.45) is 1.73. The van der Waals surface area contributed by atoms with Crippen molar-refractivity contribution in [2.24, 2.45) is 0 Å². The van der Waals surface area contributed by atoms with E-state index in [4.69, 9.17) is 5.73 Å². The fourth-order valence-electron chi connectivity index (χ4n) is 1.62. The van der Waals surface area contributed by atoms with E-state index in [1.807, 2.05) is 36.4 Å². The molecule has 0 radical (unpaired) electrons. The lowest BCUT2D eigenvalue weighted by atomic mass is 10.2. The van der Waals surface area contributed by atoms with Crippen LogP contribution in [0.1, 0.15) is 0 Å². The number of nitrogen functional groups attached to an aromatic ring is 1.